The molecule has 0 saturated heterocycles. The van der Waals surface area contributed by atoms with Crippen LogP contribution in [0.25, 0.3) is 0 Å². The number of aliphatic hydroxyl groups excluding tert-OH is 1. The zero-order chi connectivity index (χ0) is 13.0. The van der Waals surface area contributed by atoms with Crippen LogP contribution in [0.3, 0.4) is 0 Å². The van der Waals surface area contributed by atoms with Crippen molar-refractivity contribution in [2.24, 2.45) is 0 Å². The molecule has 1 aromatic carbocycles. The van der Waals surface area contributed by atoms with E-state index in [1.807, 2.05) is 6.07 Å². The fourth-order valence-corrected chi connectivity index (χ4v) is 3.21. The minimum atomic E-state index is -0.167. The third kappa shape index (κ3) is 3.56. The highest BCUT2D eigenvalue weighted by Gasteiger charge is 2.25. The molecular weight excluding hydrogens is 290 g/mol. The van der Waals surface area contributed by atoms with Gasteiger partial charge in [-0.05, 0) is 31.5 Å². The summed E-state index contributed by atoms with van der Waals surface area (Å²) in [5, 5.41) is 10.2. The molecule has 1 aromatic rings. The van der Waals surface area contributed by atoms with Crippen molar-refractivity contribution in [1.29, 1.82) is 0 Å². The first-order valence-electron chi connectivity index (χ1n) is 6.80. The van der Waals surface area contributed by atoms with Crippen molar-refractivity contribution in [3.05, 3.63) is 34.3 Å². The highest BCUT2D eigenvalue weighted by atomic mass is 79.9. The van der Waals surface area contributed by atoms with Crippen molar-refractivity contribution in [2.45, 2.75) is 50.8 Å². The second kappa shape index (κ2) is 6.69. The largest absolute Gasteiger partial charge is 0.391 e. The van der Waals surface area contributed by atoms with Gasteiger partial charge in [-0.3, -0.25) is 4.90 Å². The van der Waals surface area contributed by atoms with E-state index in [0.29, 0.717) is 6.04 Å². The Hall–Kier alpha value is -0.380. The van der Waals surface area contributed by atoms with E-state index in [1.165, 1.54) is 24.8 Å². The normalized spacial score (nSPS) is 25.1. The van der Waals surface area contributed by atoms with Crippen LogP contribution in [0.15, 0.2) is 28.7 Å². The van der Waals surface area contributed by atoms with Crippen molar-refractivity contribution < 1.29 is 5.11 Å². The Bertz CT molecular complexity index is 383. The Morgan fingerprint density at radius 1 is 1.22 bits per heavy atom. The van der Waals surface area contributed by atoms with Gasteiger partial charge in [0.2, 0.25) is 0 Å². The van der Waals surface area contributed by atoms with E-state index in [4.69, 9.17) is 0 Å². The molecular formula is C15H22BrNO. The summed E-state index contributed by atoms with van der Waals surface area (Å²) in [6, 6.07) is 8.63. The Labute approximate surface area is 118 Å². The maximum atomic E-state index is 10.2. The van der Waals surface area contributed by atoms with Gasteiger partial charge in [-0.25, -0.2) is 0 Å². The zero-order valence-corrected chi connectivity index (χ0v) is 12.6. The number of halogens is 1. The molecule has 1 aliphatic rings. The smallest absolute Gasteiger partial charge is 0.0695 e. The molecule has 1 N–H and O–H groups in total. The number of likely N-dealkylation sites (N-methyl/N-ethyl adjacent to an activating group) is 1. The maximum absolute atomic E-state index is 10.2. The van der Waals surface area contributed by atoms with E-state index in [-0.39, 0.29) is 6.10 Å². The fraction of sp³-hybridized carbons (Fsp3) is 0.600. The van der Waals surface area contributed by atoms with E-state index in [1.54, 1.807) is 0 Å². The molecule has 0 heterocycles. The standard InChI is InChI=1S/C15H22BrNO/c1-17(11-12-7-5-6-8-13(12)16)14-9-3-2-4-10-15(14)18/h5-8,14-15,18H,2-4,9-11H2,1H3. The summed E-state index contributed by atoms with van der Waals surface area (Å²) >= 11 is 3.59. The molecule has 0 radical (unpaired) electrons. The minimum absolute atomic E-state index is 0.167. The molecule has 0 aromatic heterocycles. The first-order chi connectivity index (χ1) is 8.68. The number of hydrogen-bond acceptors (Lipinski definition) is 2. The molecule has 2 rings (SSSR count). The van der Waals surface area contributed by atoms with Gasteiger partial charge in [0, 0.05) is 17.1 Å². The highest BCUT2D eigenvalue weighted by Crippen LogP contribution is 2.24. The molecule has 0 bridgehead atoms. The van der Waals surface area contributed by atoms with Crippen molar-refractivity contribution in [1.82, 2.24) is 4.90 Å². The zero-order valence-electron chi connectivity index (χ0n) is 11.0. The van der Waals surface area contributed by atoms with Crippen LogP contribution in [0.2, 0.25) is 0 Å². The fourth-order valence-electron chi connectivity index (χ4n) is 2.80. The molecule has 1 aliphatic carbocycles. The monoisotopic (exact) mass is 311 g/mol. The van der Waals surface area contributed by atoms with Gasteiger partial charge >= 0.3 is 0 Å². The minimum Gasteiger partial charge on any atom is -0.391 e. The van der Waals surface area contributed by atoms with Gasteiger partial charge in [0.1, 0.15) is 0 Å². The predicted molar refractivity (Wildman–Crippen MR) is 78.5 cm³/mol. The van der Waals surface area contributed by atoms with Gasteiger partial charge in [-0.2, -0.15) is 0 Å². The van der Waals surface area contributed by atoms with Crippen molar-refractivity contribution >= 4 is 15.9 Å². The lowest BCUT2D eigenvalue weighted by Gasteiger charge is -2.31. The molecule has 3 heteroatoms. The van der Waals surface area contributed by atoms with Gasteiger partial charge in [-0.15, -0.1) is 0 Å². The highest BCUT2D eigenvalue weighted by molar-refractivity contribution is 9.10. The Kier molecular flexibility index (Phi) is 5.22. The summed E-state index contributed by atoms with van der Waals surface area (Å²) < 4.78 is 1.15. The SMILES string of the molecule is CN(Cc1ccccc1Br)C1CCCCCC1O. The van der Waals surface area contributed by atoms with Gasteiger partial charge in [-0.1, -0.05) is 53.4 Å². The lowest BCUT2D eigenvalue weighted by molar-refractivity contribution is 0.0543. The van der Waals surface area contributed by atoms with Crippen LogP contribution in [0.1, 0.15) is 37.7 Å². The van der Waals surface area contributed by atoms with Crippen molar-refractivity contribution in [3.8, 4) is 0 Å². The Balaban J connectivity index is 2.02. The van der Waals surface area contributed by atoms with Crippen LogP contribution in [-0.4, -0.2) is 29.2 Å². The average Bonchev–Trinajstić information content (AvgIpc) is 2.57. The third-order valence-corrected chi connectivity index (χ3v) is 4.66. The molecule has 0 amide bonds. The summed E-state index contributed by atoms with van der Waals surface area (Å²) in [5.74, 6) is 0. The number of aliphatic hydroxyl groups is 1. The second-order valence-electron chi connectivity index (χ2n) is 5.28. The van der Waals surface area contributed by atoms with Crippen LogP contribution in [0, 0.1) is 0 Å². The summed E-state index contributed by atoms with van der Waals surface area (Å²) in [5.41, 5.74) is 1.29. The number of hydrogen-bond donors (Lipinski definition) is 1. The van der Waals surface area contributed by atoms with Crippen LogP contribution >= 0.6 is 15.9 Å². The van der Waals surface area contributed by atoms with Crippen LogP contribution in [0.5, 0.6) is 0 Å². The number of rotatable bonds is 3. The van der Waals surface area contributed by atoms with E-state index >= 15 is 0 Å². The number of benzene rings is 1. The molecule has 2 unspecified atom stereocenters. The summed E-state index contributed by atoms with van der Waals surface area (Å²) in [6.45, 7) is 0.892. The molecule has 2 nitrogen and oxygen atoms in total. The van der Waals surface area contributed by atoms with E-state index in [2.05, 4.69) is 46.1 Å². The number of nitrogens with zero attached hydrogens (tertiary/aromatic N) is 1. The van der Waals surface area contributed by atoms with Crippen molar-refractivity contribution in [3.63, 3.8) is 0 Å². The molecule has 18 heavy (non-hydrogen) atoms. The van der Waals surface area contributed by atoms with Gasteiger partial charge in [0.05, 0.1) is 6.10 Å². The quantitative estimate of drug-likeness (QED) is 0.863. The predicted octanol–water partition coefficient (Wildman–Crippen LogP) is 3.57. The molecule has 0 spiro atoms. The van der Waals surface area contributed by atoms with Crippen molar-refractivity contribution in [2.75, 3.05) is 7.05 Å². The molecule has 2 atom stereocenters. The first-order valence-corrected chi connectivity index (χ1v) is 7.59. The summed E-state index contributed by atoms with van der Waals surface area (Å²) in [4.78, 5) is 2.30. The average molecular weight is 312 g/mol. The lowest BCUT2D eigenvalue weighted by atomic mass is 10.0. The third-order valence-electron chi connectivity index (χ3n) is 3.89. The van der Waals surface area contributed by atoms with Crippen LogP contribution in [-0.2, 0) is 6.54 Å². The van der Waals surface area contributed by atoms with Crippen LogP contribution < -0.4 is 0 Å². The lowest BCUT2D eigenvalue weighted by Crippen LogP contribution is -2.40. The van der Waals surface area contributed by atoms with E-state index in [9.17, 15) is 5.11 Å². The van der Waals surface area contributed by atoms with E-state index < -0.39 is 0 Å². The topological polar surface area (TPSA) is 23.5 Å². The molecule has 1 saturated carbocycles. The first kappa shape index (κ1) is 14.0. The van der Waals surface area contributed by atoms with Gasteiger partial charge < -0.3 is 5.11 Å². The molecule has 1 fully saturated rings. The van der Waals surface area contributed by atoms with E-state index in [0.717, 1.165) is 23.9 Å². The van der Waals surface area contributed by atoms with Gasteiger partial charge in [0.25, 0.3) is 0 Å². The summed E-state index contributed by atoms with van der Waals surface area (Å²) in [7, 11) is 2.12. The second-order valence-corrected chi connectivity index (χ2v) is 6.13. The van der Waals surface area contributed by atoms with Crippen LogP contribution in [0.4, 0.5) is 0 Å². The Morgan fingerprint density at radius 3 is 2.72 bits per heavy atom. The molecule has 100 valence electrons. The Morgan fingerprint density at radius 2 is 1.94 bits per heavy atom. The maximum Gasteiger partial charge on any atom is 0.0695 e. The summed E-state index contributed by atoms with van der Waals surface area (Å²) in [6.07, 6.45) is 5.56. The molecule has 0 aliphatic heterocycles. The van der Waals surface area contributed by atoms with Gasteiger partial charge in [0.15, 0.2) is 0 Å².